The van der Waals surface area contributed by atoms with Gasteiger partial charge in [-0.2, -0.15) is 0 Å². The molecule has 2 rings (SSSR count). The third kappa shape index (κ3) is 3.50. The average Bonchev–Trinajstić information content (AvgIpc) is 2.44. The number of carbonyl (C=O) groups excluding carboxylic acids is 2. The molecule has 1 fully saturated rings. The molecule has 1 aliphatic heterocycles. The van der Waals surface area contributed by atoms with Crippen molar-refractivity contribution in [2.75, 3.05) is 11.4 Å². The van der Waals surface area contributed by atoms with Crippen LogP contribution in [0.25, 0.3) is 0 Å². The number of piperidine rings is 1. The van der Waals surface area contributed by atoms with Crippen molar-refractivity contribution < 1.29 is 9.59 Å². The molecule has 1 aromatic rings. The highest BCUT2D eigenvalue weighted by Crippen LogP contribution is 2.31. The smallest absolute Gasteiger partial charge is 0.234 e. The van der Waals surface area contributed by atoms with Gasteiger partial charge in [0, 0.05) is 18.9 Å². The minimum Gasteiger partial charge on any atom is -0.310 e. The maximum absolute atomic E-state index is 12.3. The number of anilines is 1. The third-order valence-corrected chi connectivity index (χ3v) is 3.89. The zero-order valence-corrected chi connectivity index (χ0v) is 13.1. The van der Waals surface area contributed by atoms with Gasteiger partial charge in [0.15, 0.2) is 0 Å². The Hall–Kier alpha value is -1.68. The summed E-state index contributed by atoms with van der Waals surface area (Å²) in [6.45, 7) is 7.04. The normalized spacial score (nSPS) is 18.1. The van der Waals surface area contributed by atoms with Crippen molar-refractivity contribution in [2.45, 2.75) is 46.1 Å². The van der Waals surface area contributed by atoms with E-state index >= 15 is 0 Å². The van der Waals surface area contributed by atoms with Crippen LogP contribution in [0.5, 0.6) is 0 Å². The van der Waals surface area contributed by atoms with E-state index in [9.17, 15) is 9.59 Å². The van der Waals surface area contributed by atoms with Gasteiger partial charge in [0.05, 0.1) is 5.69 Å². The lowest BCUT2D eigenvalue weighted by molar-refractivity contribution is -0.130. The van der Waals surface area contributed by atoms with Crippen molar-refractivity contribution in [1.82, 2.24) is 5.32 Å². The van der Waals surface area contributed by atoms with Crippen LogP contribution in [-0.4, -0.2) is 18.4 Å². The largest absolute Gasteiger partial charge is 0.310 e. The number of amides is 2. The van der Waals surface area contributed by atoms with Crippen molar-refractivity contribution >= 4 is 17.5 Å². The summed E-state index contributed by atoms with van der Waals surface area (Å²) in [7, 11) is 0. The van der Waals surface area contributed by atoms with Gasteiger partial charge in [-0.3, -0.25) is 14.5 Å². The molecule has 4 heteroatoms. The lowest BCUT2D eigenvalue weighted by atomic mass is 9.95. The summed E-state index contributed by atoms with van der Waals surface area (Å²) in [5, 5.41) is 3.42. The van der Waals surface area contributed by atoms with E-state index in [1.54, 1.807) is 0 Å². The molecule has 21 heavy (non-hydrogen) atoms. The number of nitrogens with one attached hydrogen (secondary N) is 1. The first-order chi connectivity index (χ1) is 10.0. The molecule has 1 atom stereocenters. The molecule has 1 aliphatic rings. The predicted octanol–water partition coefficient (Wildman–Crippen LogP) is 3.04. The number of rotatable bonds is 5. The van der Waals surface area contributed by atoms with Crippen molar-refractivity contribution in [3.63, 3.8) is 0 Å². The molecular weight excluding hydrogens is 264 g/mol. The Kier molecular flexibility index (Phi) is 5.12. The van der Waals surface area contributed by atoms with E-state index in [2.05, 4.69) is 19.2 Å². The summed E-state index contributed by atoms with van der Waals surface area (Å²) >= 11 is 0. The standard InChI is InChI=1S/C17H24N2O2/c1-4-9-18-13(3)14-7-5-6-8-15(14)19-16(20)10-12(2)11-17(19)21/h5-8,12-13,18H,4,9-11H2,1-3H3. The number of carbonyl (C=O) groups is 2. The second kappa shape index (κ2) is 6.85. The van der Waals surface area contributed by atoms with Crippen molar-refractivity contribution in [3.8, 4) is 0 Å². The summed E-state index contributed by atoms with van der Waals surface area (Å²) in [5.41, 5.74) is 1.73. The summed E-state index contributed by atoms with van der Waals surface area (Å²) in [6, 6.07) is 7.79. The Balaban J connectivity index is 2.31. The van der Waals surface area contributed by atoms with Gasteiger partial charge >= 0.3 is 0 Å². The molecule has 1 aromatic carbocycles. The van der Waals surface area contributed by atoms with Crippen LogP contribution in [-0.2, 0) is 9.59 Å². The van der Waals surface area contributed by atoms with Crippen molar-refractivity contribution in [2.24, 2.45) is 5.92 Å². The van der Waals surface area contributed by atoms with E-state index in [1.807, 2.05) is 31.2 Å². The van der Waals surface area contributed by atoms with Crippen LogP contribution in [0.15, 0.2) is 24.3 Å². The maximum atomic E-state index is 12.3. The highest BCUT2D eigenvalue weighted by atomic mass is 16.2. The molecular formula is C17H24N2O2. The minimum absolute atomic E-state index is 0.0890. The first-order valence-corrected chi connectivity index (χ1v) is 7.72. The topological polar surface area (TPSA) is 49.4 Å². The monoisotopic (exact) mass is 288 g/mol. The zero-order valence-electron chi connectivity index (χ0n) is 13.1. The third-order valence-electron chi connectivity index (χ3n) is 3.89. The van der Waals surface area contributed by atoms with Crippen LogP contribution >= 0.6 is 0 Å². The fraction of sp³-hybridized carbons (Fsp3) is 0.529. The van der Waals surface area contributed by atoms with Crippen LogP contribution in [0.1, 0.15) is 51.6 Å². The predicted molar refractivity (Wildman–Crippen MR) is 84.0 cm³/mol. The number of para-hydroxylation sites is 1. The quantitative estimate of drug-likeness (QED) is 0.847. The second-order valence-electron chi connectivity index (χ2n) is 5.87. The van der Waals surface area contributed by atoms with Crippen LogP contribution < -0.4 is 10.2 Å². The number of hydrogen-bond acceptors (Lipinski definition) is 3. The van der Waals surface area contributed by atoms with Crippen LogP contribution in [0.2, 0.25) is 0 Å². The molecule has 0 spiro atoms. The Morgan fingerprint density at radius 3 is 2.48 bits per heavy atom. The summed E-state index contributed by atoms with van der Waals surface area (Å²) < 4.78 is 0. The van der Waals surface area contributed by atoms with E-state index in [-0.39, 0.29) is 23.8 Å². The van der Waals surface area contributed by atoms with Crippen LogP contribution in [0.4, 0.5) is 5.69 Å². The Morgan fingerprint density at radius 1 is 1.24 bits per heavy atom. The van der Waals surface area contributed by atoms with Gasteiger partial charge in [0.1, 0.15) is 0 Å². The van der Waals surface area contributed by atoms with Gasteiger partial charge in [-0.1, -0.05) is 32.0 Å². The molecule has 0 aliphatic carbocycles. The molecule has 2 amide bonds. The lowest BCUT2D eigenvalue weighted by Crippen LogP contribution is -2.43. The molecule has 0 bridgehead atoms. The van der Waals surface area contributed by atoms with Crippen molar-refractivity contribution in [1.29, 1.82) is 0 Å². The molecule has 0 radical (unpaired) electrons. The number of hydrogen-bond donors (Lipinski definition) is 1. The fourth-order valence-electron chi connectivity index (χ4n) is 2.79. The molecule has 1 heterocycles. The lowest BCUT2D eigenvalue weighted by Gasteiger charge is -2.31. The van der Waals surface area contributed by atoms with Crippen LogP contribution in [0, 0.1) is 5.92 Å². The molecule has 114 valence electrons. The Bertz CT molecular complexity index is 509. The molecule has 0 aromatic heterocycles. The molecule has 1 unspecified atom stereocenters. The van der Waals surface area contributed by atoms with Gasteiger partial charge in [-0.05, 0) is 37.4 Å². The number of imide groups is 1. The number of benzene rings is 1. The van der Waals surface area contributed by atoms with Gasteiger partial charge in [-0.25, -0.2) is 0 Å². The summed E-state index contributed by atoms with van der Waals surface area (Å²) in [6.07, 6.45) is 1.93. The minimum atomic E-state index is -0.0890. The first kappa shape index (κ1) is 15.7. The van der Waals surface area contributed by atoms with E-state index in [0.29, 0.717) is 12.8 Å². The van der Waals surface area contributed by atoms with E-state index in [4.69, 9.17) is 0 Å². The highest BCUT2D eigenvalue weighted by Gasteiger charge is 2.33. The Labute approximate surface area is 126 Å². The maximum Gasteiger partial charge on any atom is 0.234 e. The van der Waals surface area contributed by atoms with Gasteiger partial charge < -0.3 is 5.32 Å². The molecule has 1 N–H and O–H groups in total. The van der Waals surface area contributed by atoms with Crippen LogP contribution in [0.3, 0.4) is 0 Å². The molecule has 1 saturated heterocycles. The average molecular weight is 288 g/mol. The fourth-order valence-corrected chi connectivity index (χ4v) is 2.79. The second-order valence-corrected chi connectivity index (χ2v) is 5.87. The first-order valence-electron chi connectivity index (χ1n) is 7.72. The van der Waals surface area contributed by atoms with E-state index < -0.39 is 0 Å². The van der Waals surface area contributed by atoms with Crippen molar-refractivity contribution in [3.05, 3.63) is 29.8 Å². The molecule has 0 saturated carbocycles. The Morgan fingerprint density at radius 2 is 1.86 bits per heavy atom. The van der Waals surface area contributed by atoms with E-state index in [1.165, 1.54) is 4.90 Å². The summed E-state index contributed by atoms with van der Waals surface area (Å²) in [4.78, 5) is 26.0. The molecule has 4 nitrogen and oxygen atoms in total. The van der Waals surface area contributed by atoms with Gasteiger partial charge in [-0.15, -0.1) is 0 Å². The number of nitrogens with zero attached hydrogens (tertiary/aromatic N) is 1. The summed E-state index contributed by atoms with van der Waals surface area (Å²) in [5.74, 6) is -0.0353. The van der Waals surface area contributed by atoms with Gasteiger partial charge in [0.25, 0.3) is 0 Å². The van der Waals surface area contributed by atoms with Gasteiger partial charge in [0.2, 0.25) is 11.8 Å². The highest BCUT2D eigenvalue weighted by molar-refractivity contribution is 6.17. The SMILES string of the molecule is CCCNC(C)c1ccccc1N1C(=O)CC(C)CC1=O. The zero-order chi connectivity index (χ0) is 15.4. The van der Waals surface area contributed by atoms with E-state index in [0.717, 1.165) is 24.2 Å².